The number of aliphatic carboxylic acids is 1. The molecule has 1 heterocycles. The minimum absolute atomic E-state index is 0.0412. The van der Waals surface area contributed by atoms with Crippen LogP contribution in [0.25, 0.3) is 0 Å². The molecular formula is C15H18O4. The molecule has 1 aromatic carbocycles. The molecule has 0 aromatic heterocycles. The molecule has 3 rings (SSSR count). The highest BCUT2D eigenvalue weighted by Gasteiger charge is 2.53. The van der Waals surface area contributed by atoms with E-state index in [4.69, 9.17) is 9.47 Å². The van der Waals surface area contributed by atoms with E-state index in [2.05, 4.69) is 0 Å². The average molecular weight is 262 g/mol. The Morgan fingerprint density at radius 3 is 2.79 bits per heavy atom. The Bertz CT molecular complexity index is 473. The molecule has 1 unspecified atom stereocenters. The molecule has 1 N–H and O–H groups in total. The van der Waals surface area contributed by atoms with Crippen molar-refractivity contribution in [3.8, 4) is 5.75 Å². The molecular weight excluding hydrogens is 244 g/mol. The van der Waals surface area contributed by atoms with Gasteiger partial charge in [-0.1, -0.05) is 18.2 Å². The molecule has 0 bridgehead atoms. The van der Waals surface area contributed by atoms with Crippen LogP contribution in [-0.2, 0) is 14.9 Å². The maximum absolute atomic E-state index is 11.4. The summed E-state index contributed by atoms with van der Waals surface area (Å²) >= 11 is 0. The summed E-state index contributed by atoms with van der Waals surface area (Å²) in [4.78, 5) is 11.4. The van der Waals surface area contributed by atoms with Crippen molar-refractivity contribution >= 4 is 5.97 Å². The van der Waals surface area contributed by atoms with Crippen molar-refractivity contribution in [2.24, 2.45) is 0 Å². The number of benzene rings is 1. The number of ether oxygens (including phenoxy) is 2. The molecule has 0 spiro atoms. The van der Waals surface area contributed by atoms with Gasteiger partial charge in [-0.15, -0.1) is 0 Å². The van der Waals surface area contributed by atoms with Gasteiger partial charge in [-0.3, -0.25) is 4.79 Å². The van der Waals surface area contributed by atoms with Crippen LogP contribution in [0.5, 0.6) is 5.75 Å². The predicted molar refractivity (Wildman–Crippen MR) is 69.5 cm³/mol. The lowest BCUT2D eigenvalue weighted by Crippen LogP contribution is -2.29. The largest absolute Gasteiger partial charge is 0.488 e. The second kappa shape index (κ2) is 4.85. The molecule has 1 saturated carbocycles. The Morgan fingerprint density at radius 1 is 1.37 bits per heavy atom. The van der Waals surface area contributed by atoms with Gasteiger partial charge < -0.3 is 14.6 Å². The van der Waals surface area contributed by atoms with Crippen LogP contribution in [0.4, 0.5) is 0 Å². The highest BCUT2D eigenvalue weighted by Crippen LogP contribution is 2.51. The number of carboxylic acid groups (broad SMARTS) is 1. The molecule has 4 nitrogen and oxygen atoms in total. The Balaban J connectivity index is 1.83. The monoisotopic (exact) mass is 262 g/mol. The normalized spacial score (nSPS) is 24.7. The van der Waals surface area contributed by atoms with E-state index in [1.165, 1.54) is 0 Å². The summed E-state index contributed by atoms with van der Waals surface area (Å²) < 4.78 is 11.4. The quantitative estimate of drug-likeness (QED) is 0.905. The standard InChI is InChI=1S/C15H18O4/c16-14(17)15(7-8-15)12-5-1-2-6-13(12)19-11-4-3-9-18-10-11/h1-2,5-6,11H,3-4,7-10H2,(H,16,17). The minimum Gasteiger partial charge on any atom is -0.488 e. The summed E-state index contributed by atoms with van der Waals surface area (Å²) in [5.74, 6) is -0.0404. The smallest absolute Gasteiger partial charge is 0.314 e. The van der Waals surface area contributed by atoms with Crippen LogP contribution in [0.1, 0.15) is 31.2 Å². The third-order valence-corrected chi connectivity index (χ3v) is 3.97. The van der Waals surface area contributed by atoms with Gasteiger partial charge in [-0.25, -0.2) is 0 Å². The molecule has 0 amide bonds. The first-order chi connectivity index (χ1) is 9.22. The van der Waals surface area contributed by atoms with Gasteiger partial charge >= 0.3 is 5.97 Å². The van der Waals surface area contributed by atoms with Gasteiger partial charge in [0.2, 0.25) is 0 Å². The average Bonchev–Trinajstić information content (AvgIpc) is 3.22. The summed E-state index contributed by atoms with van der Waals surface area (Å²) in [6.45, 7) is 1.38. The van der Waals surface area contributed by atoms with Crippen LogP contribution >= 0.6 is 0 Å². The van der Waals surface area contributed by atoms with Gasteiger partial charge in [0, 0.05) is 12.2 Å². The Labute approximate surface area is 112 Å². The van der Waals surface area contributed by atoms with Crippen molar-refractivity contribution < 1.29 is 19.4 Å². The zero-order valence-electron chi connectivity index (χ0n) is 10.8. The van der Waals surface area contributed by atoms with Crippen molar-refractivity contribution in [1.29, 1.82) is 0 Å². The number of carbonyl (C=O) groups is 1. The fourth-order valence-corrected chi connectivity index (χ4v) is 2.67. The Morgan fingerprint density at radius 2 is 2.16 bits per heavy atom. The molecule has 1 aliphatic heterocycles. The topological polar surface area (TPSA) is 55.8 Å². The third kappa shape index (κ3) is 2.32. The fourth-order valence-electron chi connectivity index (χ4n) is 2.67. The fraction of sp³-hybridized carbons (Fsp3) is 0.533. The molecule has 0 radical (unpaired) electrons. The Hall–Kier alpha value is -1.55. The third-order valence-electron chi connectivity index (χ3n) is 3.97. The molecule has 19 heavy (non-hydrogen) atoms. The van der Waals surface area contributed by atoms with Crippen LogP contribution in [0.2, 0.25) is 0 Å². The van der Waals surface area contributed by atoms with Crippen LogP contribution in [0.15, 0.2) is 24.3 Å². The van der Waals surface area contributed by atoms with E-state index < -0.39 is 11.4 Å². The van der Waals surface area contributed by atoms with Crippen LogP contribution in [0.3, 0.4) is 0 Å². The summed E-state index contributed by atoms with van der Waals surface area (Å²) in [5.41, 5.74) is 0.0969. The van der Waals surface area contributed by atoms with Gasteiger partial charge in [0.15, 0.2) is 0 Å². The Kier molecular flexibility index (Phi) is 3.19. The van der Waals surface area contributed by atoms with E-state index in [-0.39, 0.29) is 6.10 Å². The van der Waals surface area contributed by atoms with E-state index in [1.807, 2.05) is 24.3 Å². The van der Waals surface area contributed by atoms with E-state index >= 15 is 0 Å². The summed E-state index contributed by atoms with van der Waals surface area (Å²) in [6.07, 6.45) is 3.40. The van der Waals surface area contributed by atoms with Crippen LogP contribution in [0, 0.1) is 0 Å². The zero-order chi connectivity index (χ0) is 13.3. The molecule has 4 heteroatoms. The van der Waals surface area contributed by atoms with Gasteiger partial charge in [-0.05, 0) is 31.7 Å². The van der Waals surface area contributed by atoms with Gasteiger partial charge in [-0.2, -0.15) is 0 Å². The van der Waals surface area contributed by atoms with Crippen molar-refractivity contribution in [3.05, 3.63) is 29.8 Å². The van der Waals surface area contributed by atoms with E-state index in [9.17, 15) is 9.90 Å². The molecule has 1 atom stereocenters. The molecule has 102 valence electrons. The number of hydrogen-bond donors (Lipinski definition) is 1. The number of para-hydroxylation sites is 1. The highest BCUT2D eigenvalue weighted by atomic mass is 16.5. The zero-order valence-corrected chi connectivity index (χ0v) is 10.8. The highest BCUT2D eigenvalue weighted by molar-refractivity contribution is 5.86. The molecule has 1 aromatic rings. The van der Waals surface area contributed by atoms with Crippen molar-refractivity contribution in [3.63, 3.8) is 0 Å². The number of rotatable bonds is 4. The van der Waals surface area contributed by atoms with Gasteiger partial charge in [0.25, 0.3) is 0 Å². The van der Waals surface area contributed by atoms with Crippen LogP contribution < -0.4 is 4.74 Å². The second-order valence-electron chi connectivity index (χ2n) is 5.34. The summed E-state index contributed by atoms with van der Waals surface area (Å²) in [5, 5.41) is 9.41. The first kappa shape index (κ1) is 12.5. The van der Waals surface area contributed by atoms with Crippen molar-refractivity contribution in [2.45, 2.75) is 37.2 Å². The lowest BCUT2D eigenvalue weighted by Gasteiger charge is -2.25. The predicted octanol–water partition coefficient (Wildman–Crippen LogP) is 2.36. The summed E-state index contributed by atoms with van der Waals surface area (Å²) in [7, 11) is 0. The minimum atomic E-state index is -0.747. The maximum Gasteiger partial charge on any atom is 0.314 e. The molecule has 1 aliphatic carbocycles. The number of hydrogen-bond acceptors (Lipinski definition) is 3. The lowest BCUT2D eigenvalue weighted by atomic mass is 9.95. The van der Waals surface area contributed by atoms with E-state index in [0.29, 0.717) is 25.2 Å². The maximum atomic E-state index is 11.4. The second-order valence-corrected chi connectivity index (χ2v) is 5.34. The first-order valence-electron chi connectivity index (χ1n) is 6.80. The lowest BCUT2D eigenvalue weighted by molar-refractivity contribution is -0.140. The summed E-state index contributed by atoms with van der Waals surface area (Å²) in [6, 6.07) is 7.51. The molecule has 2 aliphatic rings. The first-order valence-corrected chi connectivity index (χ1v) is 6.80. The molecule has 2 fully saturated rings. The number of carboxylic acids is 1. The van der Waals surface area contributed by atoms with Crippen molar-refractivity contribution in [2.75, 3.05) is 13.2 Å². The van der Waals surface area contributed by atoms with Crippen LogP contribution in [-0.4, -0.2) is 30.4 Å². The molecule has 1 saturated heterocycles. The van der Waals surface area contributed by atoms with E-state index in [1.54, 1.807) is 0 Å². The SMILES string of the molecule is O=C(O)C1(c2ccccc2OC2CCCOC2)CC1. The van der Waals surface area contributed by atoms with Gasteiger partial charge in [0.05, 0.1) is 12.0 Å². The van der Waals surface area contributed by atoms with Crippen molar-refractivity contribution in [1.82, 2.24) is 0 Å². The van der Waals surface area contributed by atoms with E-state index in [0.717, 1.165) is 25.0 Å². The van der Waals surface area contributed by atoms with Gasteiger partial charge in [0.1, 0.15) is 11.9 Å².